The van der Waals surface area contributed by atoms with E-state index in [0.29, 0.717) is 19.1 Å². The van der Waals surface area contributed by atoms with Crippen LogP contribution in [0.2, 0.25) is 0 Å². The van der Waals surface area contributed by atoms with Gasteiger partial charge in [0.25, 0.3) is 0 Å². The van der Waals surface area contributed by atoms with Crippen molar-refractivity contribution in [2.24, 2.45) is 5.92 Å². The maximum atomic E-state index is 11.3. The van der Waals surface area contributed by atoms with Gasteiger partial charge in [0.2, 0.25) is 0 Å². The number of carbonyl (C=O) groups excluding carboxylic acids is 2. The van der Waals surface area contributed by atoms with E-state index in [4.69, 9.17) is 4.74 Å². The van der Waals surface area contributed by atoms with Crippen molar-refractivity contribution in [2.45, 2.75) is 32.7 Å². The molecule has 0 aliphatic carbocycles. The van der Waals surface area contributed by atoms with E-state index in [2.05, 4.69) is 5.43 Å². The second-order valence-corrected chi connectivity index (χ2v) is 4.14. The minimum atomic E-state index is -0.475. The molecule has 1 heterocycles. The zero-order valence-corrected chi connectivity index (χ0v) is 9.23. The average Bonchev–Trinajstić information content (AvgIpc) is 2.62. The number of carbonyl (C=O) groups is 2. The van der Waals surface area contributed by atoms with Gasteiger partial charge in [-0.25, -0.2) is 9.80 Å². The SMILES string of the molecule is CC(C)COC(=O)NN1CCCC1C=O. The lowest BCUT2D eigenvalue weighted by Crippen LogP contribution is -2.46. The van der Waals surface area contributed by atoms with Crippen molar-refractivity contribution < 1.29 is 14.3 Å². The first-order valence-electron chi connectivity index (χ1n) is 5.29. The summed E-state index contributed by atoms with van der Waals surface area (Å²) in [6.07, 6.45) is 2.11. The largest absolute Gasteiger partial charge is 0.448 e. The molecule has 86 valence electrons. The molecule has 0 saturated carbocycles. The third-order valence-electron chi connectivity index (χ3n) is 2.24. The van der Waals surface area contributed by atoms with Gasteiger partial charge in [-0.2, -0.15) is 0 Å². The number of ether oxygens (including phenoxy) is 1. The van der Waals surface area contributed by atoms with Crippen molar-refractivity contribution >= 4 is 12.4 Å². The van der Waals surface area contributed by atoms with Crippen molar-refractivity contribution in [2.75, 3.05) is 13.2 Å². The summed E-state index contributed by atoms with van der Waals surface area (Å²) in [5, 5.41) is 1.63. The summed E-state index contributed by atoms with van der Waals surface area (Å²) in [5.41, 5.74) is 2.58. The fraction of sp³-hybridized carbons (Fsp3) is 0.800. The number of rotatable bonds is 4. The monoisotopic (exact) mass is 214 g/mol. The van der Waals surface area contributed by atoms with Crippen LogP contribution in [0.5, 0.6) is 0 Å². The predicted molar refractivity (Wildman–Crippen MR) is 55.1 cm³/mol. The summed E-state index contributed by atoms with van der Waals surface area (Å²) >= 11 is 0. The maximum absolute atomic E-state index is 11.3. The van der Waals surface area contributed by atoms with Gasteiger partial charge in [-0.05, 0) is 18.8 Å². The highest BCUT2D eigenvalue weighted by atomic mass is 16.6. The van der Waals surface area contributed by atoms with Crippen LogP contribution >= 0.6 is 0 Å². The van der Waals surface area contributed by atoms with Crippen molar-refractivity contribution in [3.63, 3.8) is 0 Å². The van der Waals surface area contributed by atoms with Gasteiger partial charge < -0.3 is 9.53 Å². The van der Waals surface area contributed by atoms with Crippen LogP contribution in [0.25, 0.3) is 0 Å². The van der Waals surface area contributed by atoms with Gasteiger partial charge in [-0.1, -0.05) is 13.8 Å². The van der Waals surface area contributed by atoms with Crippen LogP contribution in [0, 0.1) is 5.92 Å². The van der Waals surface area contributed by atoms with Crippen LogP contribution in [0.3, 0.4) is 0 Å². The Kier molecular flexibility index (Phi) is 4.55. The number of hydrogen-bond acceptors (Lipinski definition) is 4. The van der Waals surface area contributed by atoms with Crippen molar-refractivity contribution in [1.29, 1.82) is 0 Å². The van der Waals surface area contributed by atoms with Crippen molar-refractivity contribution in [1.82, 2.24) is 10.4 Å². The van der Waals surface area contributed by atoms with E-state index in [0.717, 1.165) is 19.1 Å². The standard InChI is InChI=1S/C10H18N2O3/c1-8(2)7-15-10(14)11-12-5-3-4-9(12)6-13/h6,8-9H,3-5,7H2,1-2H3,(H,11,14). The quantitative estimate of drug-likeness (QED) is 0.708. The lowest BCUT2D eigenvalue weighted by atomic mass is 10.2. The minimum Gasteiger partial charge on any atom is -0.448 e. The minimum absolute atomic E-state index is 0.198. The Morgan fingerprint density at radius 2 is 2.40 bits per heavy atom. The molecule has 1 aliphatic heterocycles. The number of hydrogen-bond donors (Lipinski definition) is 1. The van der Waals surface area contributed by atoms with E-state index in [1.807, 2.05) is 13.8 Å². The van der Waals surface area contributed by atoms with Gasteiger partial charge in [0.15, 0.2) is 0 Å². The number of nitrogens with one attached hydrogen (secondary N) is 1. The number of nitrogens with zero attached hydrogens (tertiary/aromatic N) is 1. The van der Waals surface area contributed by atoms with Crippen LogP contribution in [0.1, 0.15) is 26.7 Å². The Bertz CT molecular complexity index is 231. The number of amides is 1. The topological polar surface area (TPSA) is 58.6 Å². The molecule has 5 heteroatoms. The molecule has 0 spiro atoms. The lowest BCUT2D eigenvalue weighted by Gasteiger charge is -2.20. The second kappa shape index (κ2) is 5.70. The molecule has 1 unspecified atom stereocenters. The number of hydrazine groups is 1. The van der Waals surface area contributed by atoms with Crippen molar-refractivity contribution in [3.05, 3.63) is 0 Å². The fourth-order valence-corrected chi connectivity index (χ4v) is 1.46. The molecule has 0 aromatic heterocycles. The van der Waals surface area contributed by atoms with Crippen LogP contribution in [-0.2, 0) is 9.53 Å². The molecule has 1 N–H and O–H groups in total. The highest BCUT2D eigenvalue weighted by molar-refractivity contribution is 5.67. The molecule has 1 atom stereocenters. The fourth-order valence-electron chi connectivity index (χ4n) is 1.46. The zero-order chi connectivity index (χ0) is 11.3. The van der Waals surface area contributed by atoms with E-state index in [9.17, 15) is 9.59 Å². The molecule has 1 aliphatic rings. The van der Waals surface area contributed by atoms with E-state index in [-0.39, 0.29) is 6.04 Å². The van der Waals surface area contributed by atoms with Gasteiger partial charge in [-0.15, -0.1) is 0 Å². The molecule has 15 heavy (non-hydrogen) atoms. The molecule has 5 nitrogen and oxygen atoms in total. The smallest absolute Gasteiger partial charge is 0.421 e. The first-order chi connectivity index (χ1) is 7.13. The Balaban J connectivity index is 2.27. The average molecular weight is 214 g/mol. The first kappa shape index (κ1) is 12.0. The van der Waals surface area contributed by atoms with Crippen LogP contribution in [0.4, 0.5) is 4.79 Å². The number of aldehydes is 1. The second-order valence-electron chi connectivity index (χ2n) is 4.14. The molecule has 0 aromatic rings. The maximum Gasteiger partial charge on any atom is 0.421 e. The third-order valence-corrected chi connectivity index (χ3v) is 2.24. The summed E-state index contributed by atoms with van der Waals surface area (Å²) in [6, 6.07) is -0.198. The van der Waals surface area contributed by atoms with Gasteiger partial charge >= 0.3 is 6.09 Å². The Morgan fingerprint density at radius 3 is 3.00 bits per heavy atom. The van der Waals surface area contributed by atoms with Gasteiger partial charge in [-0.3, -0.25) is 5.43 Å². The molecule has 0 aromatic carbocycles. The zero-order valence-electron chi connectivity index (χ0n) is 9.23. The molecule has 1 rings (SSSR count). The van der Waals surface area contributed by atoms with Crippen molar-refractivity contribution in [3.8, 4) is 0 Å². The molecule has 1 amide bonds. The molecule has 1 fully saturated rings. The molecular formula is C10H18N2O3. The highest BCUT2D eigenvalue weighted by Crippen LogP contribution is 2.12. The predicted octanol–water partition coefficient (Wildman–Crippen LogP) is 0.947. The van der Waals surface area contributed by atoms with E-state index in [1.165, 1.54) is 0 Å². The summed E-state index contributed by atoms with van der Waals surface area (Å²) in [4.78, 5) is 21.9. The van der Waals surface area contributed by atoms with Gasteiger partial charge in [0.05, 0.1) is 12.6 Å². The summed E-state index contributed by atoms with van der Waals surface area (Å²) in [6.45, 7) is 5.04. The molecule has 1 saturated heterocycles. The van der Waals surface area contributed by atoms with E-state index in [1.54, 1.807) is 5.01 Å². The van der Waals surface area contributed by atoms with Gasteiger partial charge in [0.1, 0.15) is 6.29 Å². The third kappa shape index (κ3) is 3.87. The van der Waals surface area contributed by atoms with E-state index < -0.39 is 6.09 Å². The van der Waals surface area contributed by atoms with Gasteiger partial charge in [0, 0.05) is 6.54 Å². The Hall–Kier alpha value is -1.10. The molecule has 0 bridgehead atoms. The normalized spacial score (nSPS) is 21.7. The highest BCUT2D eigenvalue weighted by Gasteiger charge is 2.25. The Morgan fingerprint density at radius 1 is 1.67 bits per heavy atom. The Labute approximate surface area is 89.7 Å². The molecule has 0 radical (unpaired) electrons. The summed E-state index contributed by atoms with van der Waals surface area (Å²) in [5.74, 6) is 0.316. The molecular weight excluding hydrogens is 196 g/mol. The lowest BCUT2D eigenvalue weighted by molar-refractivity contribution is -0.112. The first-order valence-corrected chi connectivity index (χ1v) is 5.29. The van der Waals surface area contributed by atoms with E-state index >= 15 is 0 Å². The summed E-state index contributed by atoms with van der Waals surface area (Å²) < 4.78 is 4.95. The van der Waals surface area contributed by atoms with Crippen LogP contribution in [0.15, 0.2) is 0 Å². The van der Waals surface area contributed by atoms with Crippen LogP contribution in [-0.4, -0.2) is 36.6 Å². The van der Waals surface area contributed by atoms with Crippen LogP contribution < -0.4 is 5.43 Å². The summed E-state index contributed by atoms with van der Waals surface area (Å²) in [7, 11) is 0.